The molecule has 194 valence electrons. The van der Waals surface area contributed by atoms with Crippen LogP contribution >= 0.6 is 12.2 Å². The first kappa shape index (κ1) is 29.0. The summed E-state index contributed by atoms with van der Waals surface area (Å²) in [5.74, 6) is -0.565. The van der Waals surface area contributed by atoms with Crippen LogP contribution in [0.5, 0.6) is 0 Å². The van der Waals surface area contributed by atoms with Crippen molar-refractivity contribution in [2.45, 2.75) is 58.8 Å². The van der Waals surface area contributed by atoms with Crippen LogP contribution in [0, 0.1) is 0 Å². The smallest absolute Gasteiger partial charge is 0.305 e. The second-order valence-electron chi connectivity index (χ2n) is 8.54. The summed E-state index contributed by atoms with van der Waals surface area (Å²) in [6.07, 6.45) is 4.18. The molecule has 2 amide bonds. The summed E-state index contributed by atoms with van der Waals surface area (Å²) < 4.78 is 5.24. The highest BCUT2D eigenvalue weighted by atomic mass is 32.1. The second kappa shape index (κ2) is 16.4. The van der Waals surface area contributed by atoms with Gasteiger partial charge in [0.15, 0.2) is 5.11 Å². The van der Waals surface area contributed by atoms with Crippen molar-refractivity contribution in [2.75, 3.05) is 25.0 Å². The molecule has 0 bridgehead atoms. The molecule has 0 radical (unpaired) electrons. The molecule has 2 rings (SSSR count). The van der Waals surface area contributed by atoms with Gasteiger partial charge in [0.1, 0.15) is 0 Å². The summed E-state index contributed by atoms with van der Waals surface area (Å²) in [7, 11) is 0. The van der Waals surface area contributed by atoms with E-state index in [0.717, 1.165) is 38.8 Å². The number of thiocarbonyl (C=S) groups is 1. The number of nitrogens with zero attached hydrogens (tertiary/aromatic N) is 1. The number of carbonyl (C=O) groups excluding carboxylic acids is 3. The lowest BCUT2D eigenvalue weighted by Gasteiger charge is -2.21. The Balaban J connectivity index is 1.64. The molecule has 7 nitrogen and oxygen atoms in total. The summed E-state index contributed by atoms with van der Waals surface area (Å²) in [5.41, 5.74) is 2.50. The third-order valence-corrected chi connectivity index (χ3v) is 5.62. The van der Waals surface area contributed by atoms with Gasteiger partial charge in [-0.15, -0.1) is 0 Å². The van der Waals surface area contributed by atoms with Gasteiger partial charge in [-0.2, -0.15) is 0 Å². The first-order valence-corrected chi connectivity index (χ1v) is 13.0. The fourth-order valence-electron chi connectivity index (χ4n) is 3.66. The molecule has 0 saturated carbocycles. The van der Waals surface area contributed by atoms with E-state index in [4.69, 9.17) is 17.0 Å². The number of carbonyl (C=O) groups is 3. The Labute approximate surface area is 219 Å². The second-order valence-corrected chi connectivity index (χ2v) is 8.94. The van der Waals surface area contributed by atoms with Gasteiger partial charge in [0, 0.05) is 37.2 Å². The highest BCUT2D eigenvalue weighted by molar-refractivity contribution is 7.80. The van der Waals surface area contributed by atoms with Gasteiger partial charge >= 0.3 is 5.97 Å². The van der Waals surface area contributed by atoms with Gasteiger partial charge in [0.2, 0.25) is 5.91 Å². The van der Waals surface area contributed by atoms with Crippen LogP contribution in [-0.2, 0) is 20.7 Å². The van der Waals surface area contributed by atoms with Gasteiger partial charge in [-0.1, -0.05) is 44.2 Å². The maximum atomic E-state index is 12.7. The van der Waals surface area contributed by atoms with Crippen LogP contribution in [0.4, 0.5) is 5.69 Å². The molecule has 8 heteroatoms. The molecule has 0 aliphatic rings. The third-order valence-electron chi connectivity index (χ3n) is 5.42. The lowest BCUT2D eigenvalue weighted by molar-refractivity contribution is -0.143. The van der Waals surface area contributed by atoms with E-state index in [-0.39, 0.29) is 35.7 Å². The van der Waals surface area contributed by atoms with Crippen LogP contribution in [0.25, 0.3) is 0 Å². The average Bonchev–Trinajstić information content (AvgIpc) is 2.87. The Morgan fingerprint density at radius 1 is 0.889 bits per heavy atom. The first-order chi connectivity index (χ1) is 17.4. The zero-order chi connectivity index (χ0) is 26.2. The molecule has 0 unspecified atom stereocenters. The summed E-state index contributed by atoms with van der Waals surface area (Å²) in [4.78, 5) is 38.5. The van der Waals surface area contributed by atoms with Gasteiger partial charge < -0.3 is 20.3 Å². The molecule has 0 heterocycles. The van der Waals surface area contributed by atoms with Crippen molar-refractivity contribution in [3.05, 3.63) is 65.7 Å². The van der Waals surface area contributed by atoms with E-state index in [1.165, 1.54) is 5.56 Å². The van der Waals surface area contributed by atoms with E-state index < -0.39 is 0 Å². The molecule has 2 N–H and O–H groups in total. The number of anilines is 1. The lowest BCUT2D eigenvalue weighted by Crippen LogP contribution is -2.34. The number of hydrogen-bond donors (Lipinski definition) is 2. The van der Waals surface area contributed by atoms with Crippen molar-refractivity contribution in [1.29, 1.82) is 0 Å². The summed E-state index contributed by atoms with van der Waals surface area (Å²) in [5, 5.41) is 5.73. The zero-order valence-electron chi connectivity index (χ0n) is 21.3. The van der Waals surface area contributed by atoms with E-state index in [1.54, 1.807) is 24.3 Å². The van der Waals surface area contributed by atoms with Crippen LogP contribution < -0.4 is 10.6 Å². The molecule has 36 heavy (non-hydrogen) atoms. The Morgan fingerprint density at radius 2 is 1.56 bits per heavy atom. The topological polar surface area (TPSA) is 87.7 Å². The van der Waals surface area contributed by atoms with Crippen molar-refractivity contribution in [3.63, 3.8) is 0 Å². The Morgan fingerprint density at radius 3 is 2.19 bits per heavy atom. The fraction of sp³-hybridized carbons (Fsp3) is 0.429. The van der Waals surface area contributed by atoms with Crippen LogP contribution in [0.3, 0.4) is 0 Å². The van der Waals surface area contributed by atoms with E-state index >= 15 is 0 Å². The van der Waals surface area contributed by atoms with Crippen molar-refractivity contribution >= 4 is 40.8 Å². The Hall–Kier alpha value is -3.26. The molecular formula is C28H37N3O4S. The number of nitrogens with one attached hydrogen (secondary N) is 2. The SMILES string of the molecule is CCCN(CCC)C(=O)c1ccc(NC(=S)NC(=O)CCCC(=O)OCCCc2ccccc2)cc1. The normalized spacial score (nSPS) is 10.4. The fourth-order valence-corrected chi connectivity index (χ4v) is 3.89. The quantitative estimate of drug-likeness (QED) is 0.208. The predicted octanol–water partition coefficient (Wildman–Crippen LogP) is 5.11. The summed E-state index contributed by atoms with van der Waals surface area (Å²) in [6, 6.07) is 17.1. The Bertz CT molecular complexity index is 974. The molecule has 0 aliphatic heterocycles. The average molecular weight is 512 g/mol. The molecule has 0 spiro atoms. The van der Waals surface area contributed by atoms with Crippen LogP contribution in [-0.4, -0.2) is 47.5 Å². The molecule has 0 fully saturated rings. The maximum Gasteiger partial charge on any atom is 0.305 e. The minimum Gasteiger partial charge on any atom is -0.466 e. The standard InChI is InChI=1S/C28H37N3O4S/c1-3-19-31(20-4-2)27(34)23-15-17-24(18-16-23)29-28(36)30-25(32)13-8-14-26(33)35-21-9-12-22-10-6-5-7-11-22/h5-7,10-11,15-18H,3-4,8-9,12-14,19-21H2,1-2H3,(H2,29,30,32,36). The zero-order valence-corrected chi connectivity index (χ0v) is 22.1. The third kappa shape index (κ3) is 11.0. The van der Waals surface area contributed by atoms with Gasteiger partial charge in [-0.3, -0.25) is 14.4 Å². The largest absolute Gasteiger partial charge is 0.466 e. The minimum absolute atomic E-state index is 0.0100. The van der Waals surface area contributed by atoms with Gasteiger partial charge in [-0.05, 0) is 74.2 Å². The summed E-state index contributed by atoms with van der Waals surface area (Å²) >= 11 is 5.21. The lowest BCUT2D eigenvalue weighted by atomic mass is 10.1. The maximum absolute atomic E-state index is 12.7. The van der Waals surface area contributed by atoms with Crippen molar-refractivity contribution in [2.24, 2.45) is 0 Å². The molecule has 0 aromatic heterocycles. The molecule has 0 saturated heterocycles. The highest BCUT2D eigenvalue weighted by Gasteiger charge is 2.14. The minimum atomic E-state index is -0.303. The van der Waals surface area contributed by atoms with Crippen LogP contribution in [0.1, 0.15) is 68.3 Å². The van der Waals surface area contributed by atoms with E-state index in [9.17, 15) is 14.4 Å². The number of hydrogen-bond acceptors (Lipinski definition) is 5. The van der Waals surface area contributed by atoms with Crippen molar-refractivity contribution in [3.8, 4) is 0 Å². The predicted molar refractivity (Wildman–Crippen MR) is 147 cm³/mol. The van der Waals surface area contributed by atoms with Crippen LogP contribution in [0.15, 0.2) is 54.6 Å². The molecule has 0 atom stereocenters. The van der Waals surface area contributed by atoms with Crippen LogP contribution in [0.2, 0.25) is 0 Å². The van der Waals surface area contributed by atoms with E-state index in [2.05, 4.69) is 24.5 Å². The number of esters is 1. The van der Waals surface area contributed by atoms with Crippen molar-refractivity contribution in [1.82, 2.24) is 10.2 Å². The molecular weight excluding hydrogens is 474 g/mol. The number of ether oxygens (including phenoxy) is 1. The van der Waals surface area contributed by atoms with E-state index in [1.807, 2.05) is 35.2 Å². The molecule has 0 aliphatic carbocycles. The van der Waals surface area contributed by atoms with Gasteiger partial charge in [0.05, 0.1) is 6.61 Å². The number of amides is 2. The monoisotopic (exact) mass is 511 g/mol. The van der Waals surface area contributed by atoms with E-state index in [0.29, 0.717) is 24.3 Å². The summed E-state index contributed by atoms with van der Waals surface area (Å²) in [6.45, 7) is 5.94. The van der Waals surface area contributed by atoms with Gasteiger partial charge in [-0.25, -0.2) is 0 Å². The highest BCUT2D eigenvalue weighted by Crippen LogP contribution is 2.13. The first-order valence-electron chi connectivity index (χ1n) is 12.6. The number of benzene rings is 2. The number of aryl methyl sites for hydroxylation is 1. The number of rotatable bonds is 14. The molecule has 2 aromatic carbocycles. The molecule has 2 aromatic rings. The Kier molecular flexibility index (Phi) is 13.2. The van der Waals surface area contributed by atoms with Crippen molar-refractivity contribution < 1.29 is 19.1 Å². The van der Waals surface area contributed by atoms with Gasteiger partial charge in [0.25, 0.3) is 5.91 Å².